The van der Waals surface area contributed by atoms with Gasteiger partial charge in [0.2, 0.25) is 5.91 Å². The Balaban J connectivity index is 2.19. The first-order chi connectivity index (χ1) is 11.5. The number of anilines is 1. The minimum Gasteiger partial charge on any atom is -0.497 e. The largest absolute Gasteiger partial charge is 0.497 e. The van der Waals surface area contributed by atoms with E-state index < -0.39 is 5.83 Å². The third kappa shape index (κ3) is 4.64. The van der Waals surface area contributed by atoms with Gasteiger partial charge < -0.3 is 15.0 Å². The van der Waals surface area contributed by atoms with Crippen LogP contribution >= 0.6 is 0 Å². The fourth-order valence-electron chi connectivity index (χ4n) is 1.98. The monoisotopic (exact) mass is 328 g/mol. The van der Waals surface area contributed by atoms with Gasteiger partial charge >= 0.3 is 0 Å². The molecule has 0 aliphatic rings. The van der Waals surface area contributed by atoms with E-state index in [-0.39, 0.29) is 18.1 Å². The van der Waals surface area contributed by atoms with Crippen LogP contribution in [0.2, 0.25) is 0 Å². The van der Waals surface area contributed by atoms with Crippen LogP contribution in [0.25, 0.3) is 5.57 Å². The zero-order chi connectivity index (χ0) is 17.5. The van der Waals surface area contributed by atoms with E-state index in [1.54, 1.807) is 18.5 Å². The summed E-state index contributed by atoms with van der Waals surface area (Å²) in [7, 11) is 1.41. The highest BCUT2D eigenvalue weighted by atomic mass is 19.1. The first kappa shape index (κ1) is 17.1. The van der Waals surface area contributed by atoms with Crippen molar-refractivity contribution in [3.63, 3.8) is 0 Å². The number of methoxy groups -OCH3 is 1. The van der Waals surface area contributed by atoms with E-state index in [1.807, 2.05) is 0 Å². The molecule has 1 amide bonds. The third-order valence-corrected chi connectivity index (χ3v) is 3.09. The van der Waals surface area contributed by atoms with Crippen LogP contribution in [-0.4, -0.2) is 28.0 Å². The maximum Gasteiger partial charge on any atom is 0.230 e. The van der Waals surface area contributed by atoms with E-state index in [2.05, 4.69) is 33.4 Å². The van der Waals surface area contributed by atoms with Gasteiger partial charge in [0, 0.05) is 24.0 Å². The van der Waals surface area contributed by atoms with Crippen LogP contribution in [0.3, 0.4) is 0 Å². The molecule has 0 spiro atoms. The van der Waals surface area contributed by atoms with E-state index in [4.69, 9.17) is 4.74 Å². The van der Waals surface area contributed by atoms with Crippen molar-refractivity contribution in [3.05, 3.63) is 72.9 Å². The minimum atomic E-state index is -0.667. The number of ether oxygens (including phenoxy) is 1. The van der Waals surface area contributed by atoms with Crippen LogP contribution in [-0.2, 0) is 16.0 Å². The van der Waals surface area contributed by atoms with Gasteiger partial charge in [0.05, 0.1) is 19.2 Å². The second-order valence-electron chi connectivity index (χ2n) is 4.86. The molecule has 0 unspecified atom stereocenters. The molecule has 7 heteroatoms. The molecule has 0 saturated heterocycles. The van der Waals surface area contributed by atoms with Gasteiger partial charge in [-0.1, -0.05) is 13.2 Å². The first-order valence-electron chi connectivity index (χ1n) is 7.03. The third-order valence-electron chi connectivity index (χ3n) is 3.09. The van der Waals surface area contributed by atoms with Crippen molar-refractivity contribution in [2.75, 3.05) is 12.4 Å². The number of aromatic nitrogens is 3. The fourth-order valence-corrected chi connectivity index (χ4v) is 1.98. The maximum atomic E-state index is 13.2. The number of hydrogen-bond acceptors (Lipinski definition) is 4. The lowest BCUT2D eigenvalue weighted by Crippen LogP contribution is -2.15. The van der Waals surface area contributed by atoms with Crippen LogP contribution < -0.4 is 5.32 Å². The molecule has 2 aromatic rings. The van der Waals surface area contributed by atoms with E-state index >= 15 is 0 Å². The van der Waals surface area contributed by atoms with E-state index in [9.17, 15) is 9.18 Å². The van der Waals surface area contributed by atoms with Gasteiger partial charge in [0.1, 0.15) is 23.7 Å². The SMILES string of the molecule is C=C(F)/C=C(\C(=C)OC)c1cc(NC(=O)Cc2cc[nH]c2)ncn1. The smallest absolute Gasteiger partial charge is 0.230 e. The number of rotatable bonds is 7. The second-order valence-corrected chi connectivity index (χ2v) is 4.86. The molecule has 2 aromatic heterocycles. The number of nitrogens with zero attached hydrogens (tertiary/aromatic N) is 2. The van der Waals surface area contributed by atoms with Gasteiger partial charge in [-0.15, -0.1) is 0 Å². The Labute approximate surface area is 138 Å². The minimum absolute atomic E-state index is 0.206. The summed E-state index contributed by atoms with van der Waals surface area (Å²) in [5.41, 5.74) is 1.52. The van der Waals surface area contributed by atoms with Crippen molar-refractivity contribution in [3.8, 4) is 0 Å². The molecule has 0 radical (unpaired) electrons. The van der Waals surface area contributed by atoms with Crippen molar-refractivity contribution in [1.82, 2.24) is 15.0 Å². The molecule has 2 N–H and O–H groups in total. The summed E-state index contributed by atoms with van der Waals surface area (Å²) < 4.78 is 18.2. The number of amides is 1. The van der Waals surface area contributed by atoms with Crippen LogP contribution in [0.4, 0.5) is 10.2 Å². The predicted octanol–water partition coefficient (Wildman–Crippen LogP) is 3.01. The average molecular weight is 328 g/mol. The first-order valence-corrected chi connectivity index (χ1v) is 7.03. The molecule has 2 rings (SSSR count). The zero-order valence-corrected chi connectivity index (χ0v) is 13.2. The summed E-state index contributed by atoms with van der Waals surface area (Å²) in [6.45, 7) is 6.89. The van der Waals surface area contributed by atoms with Crippen molar-refractivity contribution < 1.29 is 13.9 Å². The average Bonchev–Trinajstić information content (AvgIpc) is 3.04. The lowest BCUT2D eigenvalue weighted by Gasteiger charge is -2.10. The van der Waals surface area contributed by atoms with Crippen molar-refractivity contribution in [1.29, 1.82) is 0 Å². The van der Waals surface area contributed by atoms with Gasteiger partial charge in [0.15, 0.2) is 0 Å². The molecule has 0 atom stereocenters. The summed E-state index contributed by atoms with van der Waals surface area (Å²) in [5, 5.41) is 2.67. The van der Waals surface area contributed by atoms with Crippen molar-refractivity contribution in [2.24, 2.45) is 0 Å². The summed E-state index contributed by atoms with van der Waals surface area (Å²) in [4.78, 5) is 22.9. The Morgan fingerprint density at radius 2 is 2.25 bits per heavy atom. The van der Waals surface area contributed by atoms with Gasteiger partial charge in [-0.2, -0.15) is 0 Å². The van der Waals surface area contributed by atoms with E-state index in [0.29, 0.717) is 17.1 Å². The van der Waals surface area contributed by atoms with Gasteiger partial charge in [-0.3, -0.25) is 4.79 Å². The zero-order valence-electron chi connectivity index (χ0n) is 13.2. The Kier molecular flexibility index (Phi) is 5.62. The quantitative estimate of drug-likeness (QED) is 0.605. The lowest BCUT2D eigenvalue weighted by atomic mass is 10.1. The molecule has 6 nitrogen and oxygen atoms in total. The molecule has 0 saturated carbocycles. The predicted molar refractivity (Wildman–Crippen MR) is 89.5 cm³/mol. The number of aromatic amines is 1. The molecule has 0 bridgehead atoms. The molecule has 0 fully saturated rings. The van der Waals surface area contributed by atoms with Gasteiger partial charge in [0.25, 0.3) is 0 Å². The molecular formula is C17H17FN4O2. The Hall–Kier alpha value is -3.22. The second kappa shape index (κ2) is 7.87. The number of nitrogens with one attached hydrogen (secondary N) is 2. The van der Waals surface area contributed by atoms with Crippen LogP contribution in [0.15, 0.2) is 61.7 Å². The summed E-state index contributed by atoms with van der Waals surface area (Å²) >= 11 is 0. The molecule has 0 aromatic carbocycles. The molecule has 24 heavy (non-hydrogen) atoms. The molecule has 0 aliphatic carbocycles. The maximum absolute atomic E-state index is 13.2. The molecule has 124 valence electrons. The highest BCUT2D eigenvalue weighted by Crippen LogP contribution is 2.23. The van der Waals surface area contributed by atoms with Crippen molar-refractivity contribution >= 4 is 17.3 Å². The van der Waals surface area contributed by atoms with Crippen LogP contribution in [0.5, 0.6) is 0 Å². The lowest BCUT2D eigenvalue weighted by molar-refractivity contribution is -0.115. The summed E-state index contributed by atoms with van der Waals surface area (Å²) in [5.74, 6) is -0.387. The topological polar surface area (TPSA) is 79.9 Å². The number of H-pyrrole nitrogens is 1. The normalized spacial score (nSPS) is 11.0. The standard InChI is InChI=1S/C17H17FN4O2/c1-11(18)6-14(12(2)24-3)15-8-16(21-10-20-15)22-17(23)7-13-4-5-19-9-13/h4-6,8-10,19H,1-2,7H2,3H3,(H,20,21,22,23)/b14-6+. The van der Waals surface area contributed by atoms with E-state index in [0.717, 1.165) is 11.6 Å². The number of carbonyl (C=O) groups excluding carboxylic acids is 1. The molecular weight excluding hydrogens is 311 g/mol. The van der Waals surface area contributed by atoms with Crippen LogP contribution in [0, 0.1) is 0 Å². The number of hydrogen-bond donors (Lipinski definition) is 2. The Morgan fingerprint density at radius 1 is 1.46 bits per heavy atom. The Morgan fingerprint density at radius 3 is 2.88 bits per heavy atom. The highest BCUT2D eigenvalue weighted by Gasteiger charge is 2.12. The Bertz CT molecular complexity index is 782. The highest BCUT2D eigenvalue weighted by molar-refractivity contribution is 5.91. The van der Waals surface area contributed by atoms with Crippen LogP contribution in [0.1, 0.15) is 11.3 Å². The summed E-state index contributed by atoms with van der Waals surface area (Å²) in [6, 6.07) is 3.31. The number of allylic oxidation sites excluding steroid dienone is 3. The number of halogens is 1. The van der Waals surface area contributed by atoms with Gasteiger partial charge in [-0.25, -0.2) is 14.4 Å². The molecule has 2 heterocycles. The number of carbonyl (C=O) groups is 1. The summed E-state index contributed by atoms with van der Waals surface area (Å²) in [6.07, 6.45) is 6.10. The van der Waals surface area contributed by atoms with Crippen molar-refractivity contribution in [2.45, 2.75) is 6.42 Å². The fraction of sp³-hybridized carbons (Fsp3) is 0.118. The molecule has 0 aliphatic heterocycles. The van der Waals surface area contributed by atoms with E-state index in [1.165, 1.54) is 19.5 Å². The van der Waals surface area contributed by atoms with Gasteiger partial charge in [-0.05, 0) is 17.7 Å².